The molecule has 0 unspecified atom stereocenters. The molecule has 1 aromatic rings. The Morgan fingerprint density at radius 2 is 1.73 bits per heavy atom. The first-order valence-corrected chi connectivity index (χ1v) is 13.2. The van der Waals surface area contributed by atoms with Crippen molar-refractivity contribution in [2.24, 2.45) is 17.6 Å². The Morgan fingerprint density at radius 3 is 2.32 bits per heavy atom. The van der Waals surface area contributed by atoms with Crippen LogP contribution in [-0.4, -0.2) is 124 Å². The molecule has 0 spiro atoms. The third-order valence-corrected chi connectivity index (χ3v) is 8.87. The topological polar surface area (TPSA) is 185 Å². The van der Waals surface area contributed by atoms with Gasteiger partial charge in [0, 0.05) is 43.2 Å². The molecule has 0 aromatic heterocycles. The number of hydrogen-bond acceptors (Lipinski definition) is 11. The van der Waals surface area contributed by atoms with Gasteiger partial charge in [-0.25, -0.2) is 0 Å². The van der Waals surface area contributed by atoms with Crippen molar-refractivity contribution in [3.63, 3.8) is 0 Å². The van der Waals surface area contributed by atoms with Crippen molar-refractivity contribution >= 4 is 29.0 Å². The number of nitrogens with two attached hydrogens (primary N) is 1. The molecular formula is C29H38N4O8. The number of rotatable bonds is 5. The van der Waals surface area contributed by atoms with E-state index in [2.05, 4.69) is 4.90 Å². The van der Waals surface area contributed by atoms with Gasteiger partial charge in [0.1, 0.15) is 22.8 Å². The minimum absolute atomic E-state index is 0. The van der Waals surface area contributed by atoms with E-state index in [4.69, 9.17) is 5.73 Å². The highest BCUT2D eigenvalue weighted by atomic mass is 16.3. The maximum Gasteiger partial charge on any atom is 0.255 e. The Morgan fingerprint density at radius 1 is 1.10 bits per heavy atom. The van der Waals surface area contributed by atoms with Gasteiger partial charge in [0.25, 0.3) is 5.91 Å². The molecule has 4 atom stereocenters. The number of phenols is 1. The van der Waals surface area contributed by atoms with Crippen LogP contribution in [0.1, 0.15) is 35.3 Å². The minimum atomic E-state index is -2.70. The van der Waals surface area contributed by atoms with Crippen LogP contribution in [0.5, 0.6) is 5.75 Å². The van der Waals surface area contributed by atoms with Crippen molar-refractivity contribution in [1.29, 1.82) is 0 Å². The number of carbonyl (C=O) groups is 4. The van der Waals surface area contributed by atoms with E-state index in [9.17, 15) is 39.6 Å². The lowest BCUT2D eigenvalue weighted by molar-refractivity contribution is -0.153. The number of nitrogens with zero attached hydrogens (tertiary/aromatic N) is 3. The standard InChI is InChI=1S/C28H34N4O8.CH4/c1-30(2)22-16-11-13-10-15-14(18(34)12-32-8-6-31(3)7-9-32)4-5-17(33)20(15)23(35)19(13)25(37)28(16,40)26(38)21(24(22)36)27(29)39;/h4-5,13,16,22,33,35,38,40H,6-12H2,1-3H3,(H2,29,39);1H4/t13-,16-,22-,28-;/m0./s1. The van der Waals surface area contributed by atoms with Crippen molar-refractivity contribution in [2.45, 2.75) is 31.9 Å². The van der Waals surface area contributed by atoms with Crippen molar-refractivity contribution in [3.05, 3.63) is 45.7 Å². The summed E-state index contributed by atoms with van der Waals surface area (Å²) < 4.78 is 0. The first-order valence-electron chi connectivity index (χ1n) is 13.2. The number of likely N-dealkylation sites (N-methyl/N-ethyl adjacent to an activating group) is 2. The highest BCUT2D eigenvalue weighted by molar-refractivity contribution is 6.24. The number of aromatic hydroxyl groups is 1. The molecular weight excluding hydrogens is 532 g/mol. The second kappa shape index (κ2) is 10.7. The molecule has 12 nitrogen and oxygen atoms in total. The van der Waals surface area contributed by atoms with Gasteiger partial charge in [-0.3, -0.25) is 29.0 Å². The molecule has 0 bridgehead atoms. The molecule has 6 N–H and O–H groups in total. The van der Waals surface area contributed by atoms with Crippen LogP contribution in [0.3, 0.4) is 0 Å². The molecule has 1 amide bonds. The molecule has 41 heavy (non-hydrogen) atoms. The minimum Gasteiger partial charge on any atom is -0.508 e. The summed E-state index contributed by atoms with van der Waals surface area (Å²) in [7, 11) is 5.10. The fraction of sp³-hybridized carbons (Fsp3) is 0.517. The summed E-state index contributed by atoms with van der Waals surface area (Å²) in [5.74, 6) is -7.38. The Hall–Kier alpha value is -3.58. The molecule has 222 valence electrons. The molecule has 1 saturated carbocycles. The number of phenolic OH excluding ortho intramolecular Hbond substituents is 1. The summed E-state index contributed by atoms with van der Waals surface area (Å²) in [6, 6.07) is 1.62. The molecule has 0 radical (unpaired) electrons. The van der Waals surface area contributed by atoms with E-state index >= 15 is 0 Å². The van der Waals surface area contributed by atoms with Crippen LogP contribution < -0.4 is 5.73 Å². The van der Waals surface area contributed by atoms with Crippen LogP contribution in [0.4, 0.5) is 0 Å². The zero-order chi connectivity index (χ0) is 29.3. The number of aliphatic hydroxyl groups is 3. The third-order valence-electron chi connectivity index (χ3n) is 8.87. The Balaban J connectivity index is 0.00000387. The first-order chi connectivity index (χ1) is 18.8. The zero-order valence-electron chi connectivity index (χ0n) is 22.7. The van der Waals surface area contributed by atoms with Gasteiger partial charge in [-0.15, -0.1) is 0 Å². The van der Waals surface area contributed by atoms with Crippen molar-refractivity contribution in [3.8, 4) is 5.75 Å². The summed E-state index contributed by atoms with van der Waals surface area (Å²) in [6.07, 6.45) is 0.0419. The average molecular weight is 571 g/mol. The monoisotopic (exact) mass is 570 g/mol. The fourth-order valence-electron chi connectivity index (χ4n) is 6.80. The number of Topliss-reactive ketones (excluding diaryl/α,β-unsaturated/α-hetero) is 3. The van der Waals surface area contributed by atoms with E-state index in [1.165, 1.54) is 17.0 Å². The lowest BCUT2D eigenvalue weighted by Gasteiger charge is -2.50. The molecule has 5 rings (SSSR count). The first kappa shape index (κ1) is 30.4. The molecule has 4 aliphatic rings. The van der Waals surface area contributed by atoms with E-state index in [1.807, 2.05) is 11.9 Å². The highest BCUT2D eigenvalue weighted by Crippen LogP contribution is 2.53. The number of benzene rings is 1. The third kappa shape index (κ3) is 4.55. The Labute approximate surface area is 238 Å². The van der Waals surface area contributed by atoms with Gasteiger partial charge >= 0.3 is 0 Å². The molecule has 1 aliphatic heterocycles. The van der Waals surface area contributed by atoms with Gasteiger partial charge in [0.15, 0.2) is 17.2 Å². The molecule has 1 aromatic carbocycles. The summed E-state index contributed by atoms with van der Waals surface area (Å²) in [5, 5.41) is 44.7. The lowest BCUT2D eigenvalue weighted by atomic mass is 9.57. The van der Waals surface area contributed by atoms with E-state index < -0.39 is 58.0 Å². The second-order valence-electron chi connectivity index (χ2n) is 11.4. The van der Waals surface area contributed by atoms with Gasteiger partial charge in [0.05, 0.1) is 18.2 Å². The maximum absolute atomic E-state index is 13.9. The van der Waals surface area contributed by atoms with E-state index in [0.29, 0.717) is 11.1 Å². The predicted molar refractivity (Wildman–Crippen MR) is 149 cm³/mol. The number of fused-ring (bicyclic) bond motifs is 3. The smallest absolute Gasteiger partial charge is 0.255 e. The Bertz CT molecular complexity index is 1390. The van der Waals surface area contributed by atoms with Crippen LogP contribution in [0, 0.1) is 11.8 Å². The number of carbonyl (C=O) groups excluding carboxylic acids is 4. The molecule has 3 aliphatic carbocycles. The second-order valence-corrected chi connectivity index (χ2v) is 11.4. The highest BCUT2D eigenvalue weighted by Gasteiger charge is 2.64. The maximum atomic E-state index is 13.9. The van der Waals surface area contributed by atoms with E-state index in [-0.39, 0.29) is 49.5 Å². The van der Waals surface area contributed by atoms with Crippen molar-refractivity contribution in [2.75, 3.05) is 53.9 Å². The van der Waals surface area contributed by atoms with Gasteiger partial charge in [0.2, 0.25) is 5.78 Å². The lowest BCUT2D eigenvalue weighted by Crippen LogP contribution is -2.65. The summed E-state index contributed by atoms with van der Waals surface area (Å²) >= 11 is 0. The normalized spacial score (nSPS) is 28.7. The van der Waals surface area contributed by atoms with Crippen LogP contribution in [0.15, 0.2) is 29.0 Å². The number of ketones is 3. The number of hydrogen-bond donors (Lipinski definition) is 5. The number of primary amides is 1. The summed E-state index contributed by atoms with van der Waals surface area (Å²) in [4.78, 5) is 58.3. The van der Waals surface area contributed by atoms with Gasteiger partial charge in [-0.05, 0) is 57.6 Å². The summed E-state index contributed by atoms with van der Waals surface area (Å²) in [6.45, 7) is 3.25. The van der Waals surface area contributed by atoms with Crippen LogP contribution >= 0.6 is 0 Å². The van der Waals surface area contributed by atoms with Crippen LogP contribution in [0.2, 0.25) is 0 Å². The molecule has 1 heterocycles. The van der Waals surface area contributed by atoms with E-state index in [1.54, 1.807) is 14.1 Å². The Kier molecular flexibility index (Phi) is 7.91. The molecule has 12 heteroatoms. The van der Waals surface area contributed by atoms with Gasteiger partial charge in [-0.2, -0.15) is 0 Å². The summed E-state index contributed by atoms with van der Waals surface area (Å²) in [5.41, 5.74) is 2.15. The van der Waals surface area contributed by atoms with Crippen LogP contribution in [-0.2, 0) is 20.8 Å². The van der Waals surface area contributed by atoms with Crippen LogP contribution in [0.25, 0.3) is 5.76 Å². The average Bonchev–Trinajstić information content (AvgIpc) is 2.87. The SMILES string of the molecule is C.CN1CCN(CC(=O)c2ccc(O)c3c2C[C@H]2C[C@H]4[C@H](N(C)C)C(=O)C(C(N)=O)=C(O)[C@@]4(O)C(=O)C2=C3O)CC1. The molecule has 1 saturated heterocycles. The number of piperazine rings is 1. The van der Waals surface area contributed by atoms with E-state index in [0.717, 1.165) is 26.2 Å². The largest absolute Gasteiger partial charge is 0.508 e. The zero-order valence-corrected chi connectivity index (χ0v) is 22.7. The van der Waals surface area contributed by atoms with Gasteiger partial charge < -0.3 is 31.1 Å². The number of amides is 1. The van der Waals surface area contributed by atoms with Crippen molar-refractivity contribution in [1.82, 2.24) is 14.7 Å². The quantitative estimate of drug-likeness (QED) is 0.238. The number of aliphatic hydroxyl groups excluding tert-OH is 2. The van der Waals surface area contributed by atoms with Gasteiger partial charge in [-0.1, -0.05) is 7.43 Å². The van der Waals surface area contributed by atoms with Crippen molar-refractivity contribution < 1.29 is 39.6 Å². The predicted octanol–water partition coefficient (Wildman–Crippen LogP) is 0.0302. The fourth-order valence-corrected chi connectivity index (χ4v) is 6.80. The molecule has 2 fully saturated rings.